The van der Waals surface area contributed by atoms with Gasteiger partial charge in [0.05, 0.1) is 6.61 Å². The zero-order valence-corrected chi connectivity index (χ0v) is 10.8. The van der Waals surface area contributed by atoms with Crippen LogP contribution in [-0.2, 0) is 0 Å². The zero-order valence-electron chi connectivity index (χ0n) is 10.8. The highest BCUT2D eigenvalue weighted by Crippen LogP contribution is 2.18. The van der Waals surface area contributed by atoms with Crippen LogP contribution in [0.25, 0.3) is 0 Å². The van der Waals surface area contributed by atoms with Crippen LogP contribution < -0.4 is 10.1 Å². The Morgan fingerprint density at radius 2 is 2.06 bits per heavy atom. The predicted octanol–water partition coefficient (Wildman–Crippen LogP) is 3.29. The number of halogens is 1. The lowest BCUT2D eigenvalue weighted by molar-refractivity contribution is 0.291. The average Bonchev–Trinajstić information content (AvgIpc) is 2.32. The summed E-state index contributed by atoms with van der Waals surface area (Å²) in [5.41, 5.74) is 1.02. The van der Waals surface area contributed by atoms with Crippen molar-refractivity contribution >= 4 is 0 Å². The van der Waals surface area contributed by atoms with E-state index in [4.69, 9.17) is 4.74 Å². The third-order valence-electron chi connectivity index (χ3n) is 2.52. The first kappa shape index (κ1) is 14.0. The summed E-state index contributed by atoms with van der Waals surface area (Å²) in [6.07, 6.45) is 3.17. The molecule has 1 aromatic rings. The fourth-order valence-corrected chi connectivity index (χ4v) is 1.56. The summed E-state index contributed by atoms with van der Waals surface area (Å²) in [4.78, 5) is 0. The van der Waals surface area contributed by atoms with Crippen molar-refractivity contribution in [3.8, 4) is 5.75 Å². The van der Waals surface area contributed by atoms with Crippen molar-refractivity contribution in [3.05, 3.63) is 29.6 Å². The number of hydrogen-bond acceptors (Lipinski definition) is 2. The van der Waals surface area contributed by atoms with Gasteiger partial charge in [0.1, 0.15) is 0 Å². The first-order valence-corrected chi connectivity index (χ1v) is 6.33. The lowest BCUT2D eigenvalue weighted by atomic mass is 10.2. The van der Waals surface area contributed by atoms with E-state index in [9.17, 15) is 4.39 Å². The van der Waals surface area contributed by atoms with E-state index < -0.39 is 0 Å². The predicted molar refractivity (Wildman–Crippen MR) is 69.0 cm³/mol. The van der Waals surface area contributed by atoms with Crippen LogP contribution in [0.1, 0.15) is 31.7 Å². The maximum atomic E-state index is 13.3. The van der Waals surface area contributed by atoms with Crippen LogP contribution in [0.4, 0.5) is 4.39 Å². The zero-order chi connectivity index (χ0) is 12.5. The minimum atomic E-state index is -0.278. The fraction of sp³-hybridized carbons (Fsp3) is 0.571. The van der Waals surface area contributed by atoms with Crippen LogP contribution in [0.15, 0.2) is 18.2 Å². The van der Waals surface area contributed by atoms with Gasteiger partial charge in [-0.2, -0.15) is 0 Å². The monoisotopic (exact) mass is 239 g/mol. The molecule has 0 aliphatic rings. The minimum Gasteiger partial charge on any atom is -0.491 e. The van der Waals surface area contributed by atoms with E-state index >= 15 is 0 Å². The second-order valence-electron chi connectivity index (χ2n) is 4.24. The van der Waals surface area contributed by atoms with Gasteiger partial charge in [0, 0.05) is 0 Å². The molecule has 1 rings (SSSR count). The number of unbranched alkanes of at least 4 members (excludes halogenated alkanes) is 1. The molecule has 1 N–H and O–H groups in total. The van der Waals surface area contributed by atoms with Crippen LogP contribution in [0, 0.1) is 12.7 Å². The van der Waals surface area contributed by atoms with Gasteiger partial charge in [-0.3, -0.25) is 0 Å². The fourth-order valence-electron chi connectivity index (χ4n) is 1.56. The number of benzene rings is 1. The van der Waals surface area contributed by atoms with Gasteiger partial charge in [0.2, 0.25) is 0 Å². The lowest BCUT2D eigenvalue weighted by Crippen LogP contribution is -2.16. The van der Waals surface area contributed by atoms with Gasteiger partial charge in [0.25, 0.3) is 0 Å². The Labute approximate surface area is 103 Å². The molecule has 0 aromatic heterocycles. The van der Waals surface area contributed by atoms with Crippen molar-refractivity contribution in [1.82, 2.24) is 5.32 Å². The van der Waals surface area contributed by atoms with Crippen molar-refractivity contribution < 1.29 is 9.13 Å². The molecule has 96 valence electrons. The summed E-state index contributed by atoms with van der Waals surface area (Å²) in [6, 6.07) is 4.94. The molecule has 0 amide bonds. The van der Waals surface area contributed by atoms with Gasteiger partial charge in [-0.15, -0.1) is 0 Å². The summed E-state index contributed by atoms with van der Waals surface area (Å²) in [5.74, 6) is 0.0891. The number of ether oxygens (including phenoxy) is 1. The highest BCUT2D eigenvalue weighted by molar-refractivity contribution is 5.29. The topological polar surface area (TPSA) is 21.3 Å². The Balaban J connectivity index is 2.15. The van der Waals surface area contributed by atoms with Gasteiger partial charge in [-0.05, 0) is 57.0 Å². The number of nitrogens with one attached hydrogen (secondary N) is 1. The van der Waals surface area contributed by atoms with Crippen molar-refractivity contribution in [2.75, 3.05) is 19.7 Å². The van der Waals surface area contributed by atoms with Gasteiger partial charge >= 0.3 is 0 Å². The maximum Gasteiger partial charge on any atom is 0.165 e. The smallest absolute Gasteiger partial charge is 0.165 e. The highest BCUT2D eigenvalue weighted by atomic mass is 19.1. The minimum absolute atomic E-state index is 0.278. The van der Waals surface area contributed by atoms with Gasteiger partial charge < -0.3 is 10.1 Å². The molecule has 1 aromatic carbocycles. The Morgan fingerprint density at radius 3 is 2.82 bits per heavy atom. The van der Waals surface area contributed by atoms with Crippen LogP contribution in [0.5, 0.6) is 5.75 Å². The van der Waals surface area contributed by atoms with E-state index in [0.717, 1.165) is 37.9 Å². The summed E-state index contributed by atoms with van der Waals surface area (Å²) < 4.78 is 18.7. The van der Waals surface area contributed by atoms with E-state index in [1.165, 1.54) is 6.07 Å². The molecule has 0 unspecified atom stereocenters. The first-order valence-electron chi connectivity index (χ1n) is 6.33. The second kappa shape index (κ2) is 8.07. The molecule has 3 heteroatoms. The number of aryl methyl sites for hydroxylation is 1. The van der Waals surface area contributed by atoms with Crippen molar-refractivity contribution in [2.24, 2.45) is 0 Å². The summed E-state index contributed by atoms with van der Waals surface area (Å²) in [6.45, 7) is 6.73. The van der Waals surface area contributed by atoms with Crippen LogP contribution in [0.3, 0.4) is 0 Å². The summed E-state index contributed by atoms with van der Waals surface area (Å²) in [7, 11) is 0. The quantitative estimate of drug-likeness (QED) is 0.703. The Hall–Kier alpha value is -1.09. The highest BCUT2D eigenvalue weighted by Gasteiger charge is 2.02. The maximum absolute atomic E-state index is 13.3. The molecule has 17 heavy (non-hydrogen) atoms. The van der Waals surface area contributed by atoms with Crippen LogP contribution >= 0.6 is 0 Å². The SMILES string of the molecule is CCCNCCCCOc1cc(C)ccc1F. The normalized spacial score (nSPS) is 10.5. The molecule has 0 aliphatic carbocycles. The summed E-state index contributed by atoms with van der Waals surface area (Å²) >= 11 is 0. The molecule has 0 aliphatic heterocycles. The molecule has 0 heterocycles. The standard InChI is InChI=1S/C14H22FNO/c1-3-8-16-9-4-5-10-17-14-11-12(2)6-7-13(14)15/h6-7,11,16H,3-5,8-10H2,1-2H3. The molecule has 0 spiro atoms. The van der Waals surface area contributed by atoms with E-state index in [1.54, 1.807) is 12.1 Å². The third-order valence-corrected chi connectivity index (χ3v) is 2.52. The van der Waals surface area contributed by atoms with E-state index in [-0.39, 0.29) is 5.82 Å². The summed E-state index contributed by atoms with van der Waals surface area (Å²) in [5, 5.41) is 3.32. The van der Waals surface area contributed by atoms with Crippen LogP contribution in [-0.4, -0.2) is 19.7 Å². The van der Waals surface area contributed by atoms with Crippen molar-refractivity contribution in [3.63, 3.8) is 0 Å². The van der Waals surface area contributed by atoms with Crippen molar-refractivity contribution in [1.29, 1.82) is 0 Å². The van der Waals surface area contributed by atoms with Gasteiger partial charge in [-0.25, -0.2) is 4.39 Å². The molecule has 0 radical (unpaired) electrons. The molecule has 0 bridgehead atoms. The second-order valence-corrected chi connectivity index (χ2v) is 4.24. The van der Waals surface area contributed by atoms with Crippen LogP contribution in [0.2, 0.25) is 0 Å². The number of rotatable bonds is 8. The van der Waals surface area contributed by atoms with E-state index in [1.807, 2.05) is 6.92 Å². The lowest BCUT2D eigenvalue weighted by Gasteiger charge is -2.08. The Kier molecular flexibility index (Phi) is 6.63. The first-order chi connectivity index (χ1) is 8.24. The van der Waals surface area contributed by atoms with Crippen molar-refractivity contribution in [2.45, 2.75) is 33.1 Å². The third kappa shape index (κ3) is 5.68. The molecule has 0 saturated carbocycles. The van der Waals surface area contributed by atoms with Gasteiger partial charge in [-0.1, -0.05) is 13.0 Å². The van der Waals surface area contributed by atoms with E-state index in [2.05, 4.69) is 12.2 Å². The van der Waals surface area contributed by atoms with Gasteiger partial charge in [0.15, 0.2) is 11.6 Å². The average molecular weight is 239 g/mol. The molecule has 0 atom stereocenters. The Morgan fingerprint density at radius 1 is 1.24 bits per heavy atom. The molecular formula is C14H22FNO. The largest absolute Gasteiger partial charge is 0.491 e. The Bertz CT molecular complexity index is 328. The molecular weight excluding hydrogens is 217 g/mol. The van der Waals surface area contributed by atoms with E-state index in [0.29, 0.717) is 12.4 Å². The molecule has 0 saturated heterocycles. The number of hydrogen-bond donors (Lipinski definition) is 1. The molecule has 0 fully saturated rings. The molecule has 2 nitrogen and oxygen atoms in total.